The van der Waals surface area contributed by atoms with Crippen molar-refractivity contribution < 1.29 is 5.11 Å². The van der Waals surface area contributed by atoms with Crippen molar-refractivity contribution in [2.45, 2.75) is 32.6 Å². The number of benzene rings is 3. The molecule has 0 radical (unpaired) electrons. The second kappa shape index (κ2) is 6.84. The van der Waals surface area contributed by atoms with Gasteiger partial charge >= 0.3 is 0 Å². The van der Waals surface area contributed by atoms with Gasteiger partial charge in [0.1, 0.15) is 5.75 Å². The zero-order chi connectivity index (χ0) is 18.1. The lowest BCUT2D eigenvalue weighted by atomic mass is 9.79. The number of allylic oxidation sites excluding steroid dienone is 1. The number of aryl methyl sites for hydroxylation is 1. The summed E-state index contributed by atoms with van der Waals surface area (Å²) in [5.41, 5.74) is 9.05. The summed E-state index contributed by atoms with van der Waals surface area (Å²) in [6.07, 6.45) is 1.95. The fraction of sp³-hybridized carbons (Fsp3) is 0.200. The minimum atomic E-state index is 0.349. The van der Waals surface area contributed by atoms with E-state index in [4.69, 9.17) is 0 Å². The quantitative estimate of drug-likeness (QED) is 0.583. The molecule has 0 saturated heterocycles. The van der Waals surface area contributed by atoms with Gasteiger partial charge in [0.25, 0.3) is 0 Å². The molecule has 0 bridgehead atoms. The lowest BCUT2D eigenvalue weighted by Crippen LogP contribution is -2.06. The van der Waals surface area contributed by atoms with Crippen LogP contribution in [0.1, 0.15) is 54.0 Å². The van der Waals surface area contributed by atoms with Gasteiger partial charge in [0, 0.05) is 0 Å². The molecule has 3 aromatic rings. The van der Waals surface area contributed by atoms with Gasteiger partial charge in [-0.3, -0.25) is 0 Å². The standard InChI is InChI=1S/C25H24O/c1-17(2)18-8-10-20(11-9-18)25-23(19-6-4-3-5-7-19)14-12-21-16-22(26)13-15-24(21)25/h3-11,13,15-17,26H,12,14H2,1-2H3. The van der Waals surface area contributed by atoms with Crippen molar-refractivity contribution in [2.75, 3.05) is 0 Å². The third-order valence-corrected chi connectivity index (χ3v) is 5.29. The van der Waals surface area contributed by atoms with Gasteiger partial charge in [-0.05, 0) is 69.9 Å². The molecule has 4 rings (SSSR count). The maximum atomic E-state index is 9.91. The number of aromatic hydroxyl groups is 1. The highest BCUT2D eigenvalue weighted by Crippen LogP contribution is 2.41. The number of phenols is 1. The molecule has 1 nitrogen and oxygen atoms in total. The first-order chi connectivity index (χ1) is 12.6. The monoisotopic (exact) mass is 340 g/mol. The Morgan fingerprint density at radius 1 is 0.769 bits per heavy atom. The Bertz CT molecular complexity index is 947. The molecule has 26 heavy (non-hydrogen) atoms. The summed E-state index contributed by atoms with van der Waals surface area (Å²) in [7, 11) is 0. The van der Waals surface area contributed by atoms with E-state index >= 15 is 0 Å². The van der Waals surface area contributed by atoms with Crippen LogP contribution in [0.4, 0.5) is 0 Å². The summed E-state index contributed by atoms with van der Waals surface area (Å²) in [6, 6.07) is 25.4. The number of hydrogen-bond donors (Lipinski definition) is 1. The summed E-state index contributed by atoms with van der Waals surface area (Å²) < 4.78 is 0. The average Bonchev–Trinajstić information content (AvgIpc) is 2.67. The fourth-order valence-electron chi connectivity index (χ4n) is 3.87. The van der Waals surface area contributed by atoms with Crippen LogP contribution < -0.4 is 0 Å². The number of fused-ring (bicyclic) bond motifs is 1. The van der Waals surface area contributed by atoms with Crippen molar-refractivity contribution in [3.63, 3.8) is 0 Å². The molecular formula is C25H24O. The van der Waals surface area contributed by atoms with Crippen LogP contribution in [0.5, 0.6) is 5.75 Å². The Kier molecular flexibility index (Phi) is 4.38. The van der Waals surface area contributed by atoms with Gasteiger partial charge in [-0.2, -0.15) is 0 Å². The molecule has 0 unspecified atom stereocenters. The third kappa shape index (κ3) is 3.06. The molecule has 1 aliphatic carbocycles. The fourth-order valence-corrected chi connectivity index (χ4v) is 3.87. The highest BCUT2D eigenvalue weighted by Gasteiger charge is 2.21. The van der Waals surface area contributed by atoms with E-state index in [0.717, 1.165) is 12.8 Å². The second-order valence-corrected chi connectivity index (χ2v) is 7.34. The molecule has 130 valence electrons. The first-order valence-corrected chi connectivity index (χ1v) is 9.34. The second-order valence-electron chi connectivity index (χ2n) is 7.34. The molecular weight excluding hydrogens is 316 g/mol. The Labute approximate surface area is 155 Å². The normalized spacial score (nSPS) is 13.8. The highest BCUT2D eigenvalue weighted by atomic mass is 16.3. The Balaban J connectivity index is 1.93. The first-order valence-electron chi connectivity index (χ1n) is 9.34. The van der Waals surface area contributed by atoms with Crippen LogP contribution in [-0.2, 0) is 6.42 Å². The first kappa shape index (κ1) is 16.7. The number of phenolic OH excluding ortho intramolecular Hbond substituents is 1. The lowest BCUT2D eigenvalue weighted by molar-refractivity contribution is 0.474. The molecule has 0 fully saturated rings. The predicted octanol–water partition coefficient (Wildman–Crippen LogP) is 6.42. The van der Waals surface area contributed by atoms with Crippen LogP contribution in [0.3, 0.4) is 0 Å². The molecule has 1 aliphatic rings. The zero-order valence-electron chi connectivity index (χ0n) is 15.4. The van der Waals surface area contributed by atoms with E-state index in [9.17, 15) is 5.11 Å². The molecule has 0 aliphatic heterocycles. The van der Waals surface area contributed by atoms with Gasteiger partial charge in [-0.15, -0.1) is 0 Å². The van der Waals surface area contributed by atoms with E-state index in [2.05, 4.69) is 74.5 Å². The molecule has 1 N–H and O–H groups in total. The van der Waals surface area contributed by atoms with Gasteiger partial charge < -0.3 is 5.11 Å². The molecule has 0 atom stereocenters. The topological polar surface area (TPSA) is 20.2 Å². The van der Waals surface area contributed by atoms with E-state index in [-0.39, 0.29) is 0 Å². The Morgan fingerprint density at radius 3 is 2.19 bits per heavy atom. The van der Waals surface area contributed by atoms with Gasteiger partial charge in [-0.1, -0.05) is 74.5 Å². The van der Waals surface area contributed by atoms with Crippen molar-refractivity contribution in [1.29, 1.82) is 0 Å². The van der Waals surface area contributed by atoms with Crippen molar-refractivity contribution in [3.8, 4) is 5.75 Å². The van der Waals surface area contributed by atoms with Gasteiger partial charge in [0.05, 0.1) is 0 Å². The number of rotatable bonds is 3. The summed E-state index contributed by atoms with van der Waals surface area (Å²) in [5, 5.41) is 9.91. The lowest BCUT2D eigenvalue weighted by Gasteiger charge is -2.25. The van der Waals surface area contributed by atoms with Crippen LogP contribution >= 0.6 is 0 Å². The van der Waals surface area contributed by atoms with E-state index in [1.54, 1.807) is 6.07 Å². The molecule has 1 heteroatoms. The number of hydrogen-bond acceptors (Lipinski definition) is 1. The maximum Gasteiger partial charge on any atom is 0.115 e. The molecule has 0 aromatic heterocycles. The van der Waals surface area contributed by atoms with Crippen LogP contribution in [0.15, 0.2) is 72.8 Å². The van der Waals surface area contributed by atoms with Crippen LogP contribution in [-0.4, -0.2) is 5.11 Å². The molecule has 0 saturated carbocycles. The minimum Gasteiger partial charge on any atom is -0.508 e. The molecule has 0 heterocycles. The summed E-state index contributed by atoms with van der Waals surface area (Å²) in [6.45, 7) is 4.45. The molecule has 0 amide bonds. The van der Waals surface area contributed by atoms with Crippen LogP contribution in [0.25, 0.3) is 11.1 Å². The summed E-state index contributed by atoms with van der Waals surface area (Å²) in [4.78, 5) is 0. The highest BCUT2D eigenvalue weighted by molar-refractivity contribution is 6.00. The van der Waals surface area contributed by atoms with Gasteiger partial charge in [0.2, 0.25) is 0 Å². The average molecular weight is 340 g/mol. The van der Waals surface area contributed by atoms with Crippen molar-refractivity contribution in [3.05, 3.63) is 101 Å². The SMILES string of the molecule is CC(C)c1ccc(C2=C(c3ccccc3)CCc3cc(O)ccc32)cc1. The van der Waals surface area contributed by atoms with E-state index in [1.165, 1.54) is 39.0 Å². The summed E-state index contributed by atoms with van der Waals surface area (Å²) >= 11 is 0. The zero-order valence-corrected chi connectivity index (χ0v) is 15.4. The Hall–Kier alpha value is -2.80. The van der Waals surface area contributed by atoms with Gasteiger partial charge in [-0.25, -0.2) is 0 Å². The smallest absolute Gasteiger partial charge is 0.115 e. The largest absolute Gasteiger partial charge is 0.508 e. The van der Waals surface area contributed by atoms with E-state index < -0.39 is 0 Å². The minimum absolute atomic E-state index is 0.349. The van der Waals surface area contributed by atoms with Crippen molar-refractivity contribution in [2.24, 2.45) is 0 Å². The van der Waals surface area contributed by atoms with E-state index in [1.807, 2.05) is 6.07 Å². The third-order valence-electron chi connectivity index (χ3n) is 5.29. The van der Waals surface area contributed by atoms with Crippen molar-refractivity contribution in [1.82, 2.24) is 0 Å². The van der Waals surface area contributed by atoms with Gasteiger partial charge in [0.15, 0.2) is 0 Å². The van der Waals surface area contributed by atoms with Crippen LogP contribution in [0, 0.1) is 0 Å². The molecule has 0 spiro atoms. The predicted molar refractivity (Wildman–Crippen MR) is 109 cm³/mol. The maximum absolute atomic E-state index is 9.91. The molecule has 3 aromatic carbocycles. The Morgan fingerprint density at radius 2 is 1.50 bits per heavy atom. The summed E-state index contributed by atoms with van der Waals surface area (Å²) in [5.74, 6) is 0.878. The van der Waals surface area contributed by atoms with Crippen molar-refractivity contribution >= 4 is 11.1 Å². The van der Waals surface area contributed by atoms with E-state index in [0.29, 0.717) is 11.7 Å². The van der Waals surface area contributed by atoms with Crippen LogP contribution in [0.2, 0.25) is 0 Å².